The normalized spacial score (nSPS) is 14.9. The maximum atomic E-state index is 13.6. The van der Waals surface area contributed by atoms with Crippen molar-refractivity contribution in [2.45, 2.75) is 29.7 Å². The Morgan fingerprint density at radius 2 is 1.76 bits per heavy atom. The highest BCUT2D eigenvalue weighted by atomic mass is 32.2. The molecule has 0 spiro atoms. The predicted octanol–water partition coefficient (Wildman–Crippen LogP) is 4.17. The maximum Gasteiger partial charge on any atom is 0.259 e. The van der Waals surface area contributed by atoms with Gasteiger partial charge in [-0.25, -0.2) is 4.21 Å². The smallest absolute Gasteiger partial charge is 0.259 e. The summed E-state index contributed by atoms with van der Waals surface area (Å²) in [6.07, 6.45) is 0.711. The summed E-state index contributed by atoms with van der Waals surface area (Å²) in [6.45, 7) is 3.94. The molecule has 1 N–H and O–H groups in total. The standard InChI is InChI=1S/C26H26N2O4S/c1-2-32-16-8-15-27-25(29)20-13-14-24-22(17-20)28(18-19-9-4-3-5-10-19)26(30)21-11-6-7-12-23(21)33(24)31/h3-7,9-14,17H,2,8,15-16,18H2,1H3,(H,27,29)/t33-/m0/s1. The third kappa shape index (κ3) is 5.05. The highest BCUT2D eigenvalue weighted by Crippen LogP contribution is 2.36. The quantitative estimate of drug-likeness (QED) is 0.510. The fourth-order valence-electron chi connectivity index (χ4n) is 3.75. The summed E-state index contributed by atoms with van der Waals surface area (Å²) in [5, 5.41) is 2.89. The van der Waals surface area contributed by atoms with Crippen molar-refractivity contribution >= 4 is 28.3 Å². The Bertz CT molecular complexity index is 1180. The zero-order valence-electron chi connectivity index (χ0n) is 18.5. The van der Waals surface area contributed by atoms with E-state index >= 15 is 0 Å². The van der Waals surface area contributed by atoms with Gasteiger partial charge >= 0.3 is 0 Å². The summed E-state index contributed by atoms with van der Waals surface area (Å²) < 4.78 is 18.7. The first kappa shape index (κ1) is 22.9. The largest absolute Gasteiger partial charge is 0.382 e. The number of nitrogens with zero attached hydrogens (tertiary/aromatic N) is 1. The molecular formula is C26H26N2O4S. The molecule has 6 nitrogen and oxygen atoms in total. The van der Waals surface area contributed by atoms with Crippen LogP contribution in [0.1, 0.15) is 39.6 Å². The van der Waals surface area contributed by atoms with Gasteiger partial charge in [0.15, 0.2) is 0 Å². The van der Waals surface area contributed by atoms with E-state index < -0.39 is 10.8 Å². The van der Waals surface area contributed by atoms with Crippen LogP contribution in [0.3, 0.4) is 0 Å². The average Bonchev–Trinajstić information content (AvgIpc) is 2.94. The van der Waals surface area contributed by atoms with Crippen LogP contribution in [0.2, 0.25) is 0 Å². The van der Waals surface area contributed by atoms with Gasteiger partial charge < -0.3 is 15.0 Å². The monoisotopic (exact) mass is 462 g/mol. The van der Waals surface area contributed by atoms with Gasteiger partial charge in [-0.05, 0) is 49.2 Å². The molecule has 7 heteroatoms. The van der Waals surface area contributed by atoms with Gasteiger partial charge in [0.1, 0.15) is 0 Å². The first-order chi connectivity index (χ1) is 16.1. The van der Waals surface area contributed by atoms with Gasteiger partial charge in [-0.2, -0.15) is 0 Å². The van der Waals surface area contributed by atoms with Crippen molar-refractivity contribution in [2.24, 2.45) is 0 Å². The molecule has 0 aromatic heterocycles. The fraction of sp³-hybridized carbons (Fsp3) is 0.231. The van der Waals surface area contributed by atoms with Crippen LogP contribution < -0.4 is 10.2 Å². The third-order valence-electron chi connectivity index (χ3n) is 5.41. The van der Waals surface area contributed by atoms with Gasteiger partial charge in [-0.1, -0.05) is 42.5 Å². The van der Waals surface area contributed by atoms with Crippen LogP contribution in [0.4, 0.5) is 5.69 Å². The fourth-order valence-corrected chi connectivity index (χ4v) is 5.09. The van der Waals surface area contributed by atoms with Gasteiger partial charge in [0.2, 0.25) is 0 Å². The molecule has 0 aliphatic carbocycles. The van der Waals surface area contributed by atoms with Crippen LogP contribution in [0.25, 0.3) is 0 Å². The number of fused-ring (bicyclic) bond motifs is 2. The number of nitrogens with one attached hydrogen (secondary N) is 1. The van der Waals surface area contributed by atoms with E-state index in [-0.39, 0.29) is 11.8 Å². The minimum atomic E-state index is -1.55. The minimum absolute atomic E-state index is 0.240. The Hall–Kier alpha value is -3.29. The predicted molar refractivity (Wildman–Crippen MR) is 128 cm³/mol. The van der Waals surface area contributed by atoms with Gasteiger partial charge in [0.25, 0.3) is 11.8 Å². The third-order valence-corrected chi connectivity index (χ3v) is 6.91. The lowest BCUT2D eigenvalue weighted by molar-refractivity contribution is 0.0941. The van der Waals surface area contributed by atoms with Gasteiger partial charge in [0, 0.05) is 25.3 Å². The summed E-state index contributed by atoms with van der Waals surface area (Å²) in [5.41, 5.74) is 2.25. The Kier molecular flexibility index (Phi) is 7.32. The van der Waals surface area contributed by atoms with Gasteiger partial charge in [-0.3, -0.25) is 9.59 Å². The summed E-state index contributed by atoms with van der Waals surface area (Å²) >= 11 is 0. The van der Waals surface area contributed by atoms with Crippen molar-refractivity contribution < 1.29 is 18.5 Å². The van der Waals surface area contributed by atoms with Crippen LogP contribution >= 0.6 is 0 Å². The molecule has 170 valence electrons. The van der Waals surface area contributed by atoms with Crippen LogP contribution in [0.5, 0.6) is 0 Å². The molecule has 0 unspecified atom stereocenters. The van der Waals surface area contributed by atoms with E-state index in [1.165, 1.54) is 0 Å². The molecule has 0 saturated heterocycles. The van der Waals surface area contributed by atoms with E-state index in [0.29, 0.717) is 59.3 Å². The van der Waals surface area contributed by atoms with Gasteiger partial charge in [-0.15, -0.1) is 0 Å². The lowest BCUT2D eigenvalue weighted by Crippen LogP contribution is -2.31. The van der Waals surface area contributed by atoms with Crippen molar-refractivity contribution in [3.8, 4) is 0 Å². The molecule has 1 heterocycles. The summed E-state index contributed by atoms with van der Waals surface area (Å²) in [6, 6.07) is 21.6. The zero-order chi connectivity index (χ0) is 23.2. The molecule has 0 saturated carbocycles. The molecule has 3 aromatic carbocycles. The highest BCUT2D eigenvalue weighted by molar-refractivity contribution is 7.85. The number of amides is 2. The van der Waals surface area contributed by atoms with Crippen LogP contribution in [-0.2, 0) is 22.1 Å². The molecule has 4 rings (SSSR count). The van der Waals surface area contributed by atoms with E-state index in [2.05, 4.69) is 5.32 Å². The van der Waals surface area contributed by atoms with E-state index in [4.69, 9.17) is 4.74 Å². The summed E-state index contributed by atoms with van der Waals surface area (Å²) in [7, 11) is -1.55. The molecule has 1 aliphatic heterocycles. The lowest BCUT2D eigenvalue weighted by atomic mass is 10.1. The number of hydrogen-bond acceptors (Lipinski definition) is 4. The summed E-state index contributed by atoms with van der Waals surface area (Å²) in [5.74, 6) is -0.482. The Morgan fingerprint density at radius 3 is 2.55 bits per heavy atom. The van der Waals surface area contributed by atoms with E-state index in [9.17, 15) is 13.8 Å². The lowest BCUT2D eigenvalue weighted by Gasteiger charge is -2.23. The Balaban J connectivity index is 1.70. The molecule has 33 heavy (non-hydrogen) atoms. The molecule has 1 aliphatic rings. The molecule has 0 fully saturated rings. The molecule has 0 radical (unpaired) electrons. The van der Waals surface area contributed by atoms with Crippen molar-refractivity contribution in [1.82, 2.24) is 5.32 Å². The number of anilines is 1. The van der Waals surface area contributed by atoms with Crippen molar-refractivity contribution in [2.75, 3.05) is 24.7 Å². The summed E-state index contributed by atoms with van der Waals surface area (Å²) in [4.78, 5) is 28.9. The Labute approximate surface area is 196 Å². The first-order valence-electron chi connectivity index (χ1n) is 11.0. The molecular weight excluding hydrogens is 436 g/mol. The maximum absolute atomic E-state index is 13.6. The van der Waals surface area contributed by atoms with Crippen molar-refractivity contribution in [3.05, 3.63) is 89.5 Å². The van der Waals surface area contributed by atoms with E-state index in [1.54, 1.807) is 47.4 Å². The van der Waals surface area contributed by atoms with Crippen LogP contribution in [0, 0.1) is 0 Å². The van der Waals surface area contributed by atoms with Crippen molar-refractivity contribution in [3.63, 3.8) is 0 Å². The SMILES string of the molecule is CCOCCCNC(=O)c1ccc2c(c1)N(Cc1ccccc1)C(=O)c1ccccc1[S@@]2=O. The molecule has 0 bridgehead atoms. The number of hydrogen-bond donors (Lipinski definition) is 1. The number of carbonyl (C=O) groups is 2. The number of benzene rings is 3. The van der Waals surface area contributed by atoms with E-state index in [0.717, 1.165) is 5.56 Å². The van der Waals surface area contributed by atoms with Crippen LogP contribution in [0.15, 0.2) is 82.6 Å². The topological polar surface area (TPSA) is 75.7 Å². The minimum Gasteiger partial charge on any atom is -0.382 e. The number of carbonyl (C=O) groups excluding carboxylic acids is 2. The average molecular weight is 463 g/mol. The molecule has 2 amide bonds. The molecule has 1 atom stereocenters. The van der Waals surface area contributed by atoms with Gasteiger partial charge in [0.05, 0.1) is 38.4 Å². The Morgan fingerprint density at radius 1 is 1.00 bits per heavy atom. The second kappa shape index (κ2) is 10.6. The second-order valence-corrected chi connectivity index (χ2v) is 9.05. The first-order valence-corrected chi connectivity index (χ1v) is 12.1. The van der Waals surface area contributed by atoms with Crippen molar-refractivity contribution in [1.29, 1.82) is 0 Å². The second-order valence-electron chi connectivity index (χ2n) is 7.63. The zero-order valence-corrected chi connectivity index (χ0v) is 19.3. The highest BCUT2D eigenvalue weighted by Gasteiger charge is 2.31. The van der Waals surface area contributed by atoms with E-state index in [1.807, 2.05) is 37.3 Å². The van der Waals surface area contributed by atoms with Crippen LogP contribution in [-0.4, -0.2) is 35.8 Å². The number of ether oxygens (including phenoxy) is 1. The molecule has 3 aromatic rings. The number of rotatable bonds is 8.